The second-order valence-corrected chi connectivity index (χ2v) is 17.2. The number of aryl methyl sites for hydroxylation is 1. The van der Waals surface area contributed by atoms with Crippen LogP contribution in [0, 0.1) is 24.5 Å². The molecule has 3 N–H and O–H groups in total. The first-order chi connectivity index (χ1) is 25.7. The van der Waals surface area contributed by atoms with Crippen LogP contribution in [0.1, 0.15) is 80.8 Å². The third-order valence-electron chi connectivity index (χ3n) is 10.9. The Labute approximate surface area is 311 Å². The minimum atomic E-state index is -4.03. The van der Waals surface area contributed by atoms with Gasteiger partial charge in [0, 0.05) is 18.4 Å². The second kappa shape index (κ2) is 14.3. The lowest BCUT2D eigenvalue weighted by Crippen LogP contribution is -2.58. The maximum atomic E-state index is 14.6. The largest absolute Gasteiger partial charge is 0.471 e. The Balaban J connectivity index is 1.20. The van der Waals surface area contributed by atoms with Gasteiger partial charge in [-0.2, -0.15) is 0 Å². The van der Waals surface area contributed by atoms with Crippen molar-refractivity contribution >= 4 is 44.7 Å². The molecule has 2 aliphatic heterocycles. The number of fused-ring (bicyclic) bond motifs is 3. The lowest BCUT2D eigenvalue weighted by molar-refractivity contribution is -0.141. The van der Waals surface area contributed by atoms with Crippen molar-refractivity contribution in [3.8, 4) is 5.88 Å². The van der Waals surface area contributed by atoms with Crippen molar-refractivity contribution in [1.29, 1.82) is 0 Å². The highest BCUT2D eigenvalue weighted by atomic mass is 32.2. The van der Waals surface area contributed by atoms with Crippen molar-refractivity contribution in [2.24, 2.45) is 5.92 Å². The Kier molecular flexibility index (Phi) is 9.91. The van der Waals surface area contributed by atoms with E-state index in [4.69, 9.17) is 4.74 Å². The number of ether oxygens (including phenoxy) is 1. The Bertz CT molecular complexity index is 2160. The van der Waals surface area contributed by atoms with E-state index < -0.39 is 79.7 Å². The topological polar surface area (TPSA) is 177 Å². The molecule has 4 aliphatic rings. The maximum Gasteiger partial charge on any atom is 0.259 e. The molecular formula is C38H42F2N6O7S. The molecule has 0 unspecified atom stereocenters. The minimum absolute atomic E-state index is 0.0670. The Morgan fingerprint density at radius 3 is 2.57 bits per heavy atom. The van der Waals surface area contributed by atoms with E-state index in [-0.39, 0.29) is 42.8 Å². The van der Waals surface area contributed by atoms with Crippen LogP contribution in [0.2, 0.25) is 0 Å². The molecule has 7 rings (SSSR count). The number of carbonyl (C=O) groups excluding carboxylic acids is 4. The molecule has 1 saturated heterocycles. The zero-order valence-corrected chi connectivity index (χ0v) is 30.8. The number of aromatic nitrogens is 2. The number of amides is 4. The van der Waals surface area contributed by atoms with E-state index >= 15 is 0 Å². The van der Waals surface area contributed by atoms with E-state index in [1.165, 1.54) is 41.3 Å². The highest BCUT2D eigenvalue weighted by Gasteiger charge is 2.63. The average molecular weight is 765 g/mol. The molecule has 2 aliphatic carbocycles. The molecule has 13 nitrogen and oxygen atoms in total. The highest BCUT2D eigenvalue weighted by molar-refractivity contribution is 7.91. The molecule has 286 valence electrons. The van der Waals surface area contributed by atoms with Gasteiger partial charge >= 0.3 is 0 Å². The van der Waals surface area contributed by atoms with Crippen molar-refractivity contribution < 1.29 is 41.1 Å². The number of hydrogen-bond acceptors (Lipinski definition) is 9. The van der Waals surface area contributed by atoms with Gasteiger partial charge < -0.3 is 20.3 Å². The monoisotopic (exact) mass is 764 g/mol. The summed E-state index contributed by atoms with van der Waals surface area (Å²) in [5.41, 5.74) is -0.754. The lowest BCUT2D eigenvalue weighted by atomic mass is 10.0. The van der Waals surface area contributed by atoms with E-state index in [1.54, 1.807) is 13.8 Å². The molecule has 2 saturated carbocycles. The molecule has 54 heavy (non-hydrogen) atoms. The number of halogens is 2. The number of rotatable bonds is 7. The van der Waals surface area contributed by atoms with Crippen LogP contribution in [0.4, 0.5) is 8.78 Å². The summed E-state index contributed by atoms with van der Waals surface area (Å²) < 4.78 is 62.3. The molecule has 1 aromatic heterocycles. The summed E-state index contributed by atoms with van der Waals surface area (Å²) in [6.07, 6.45) is 6.55. The fourth-order valence-electron chi connectivity index (χ4n) is 7.20. The molecule has 0 bridgehead atoms. The second-order valence-electron chi connectivity index (χ2n) is 15.0. The zero-order valence-electron chi connectivity index (χ0n) is 29.9. The quantitative estimate of drug-likeness (QED) is 0.303. The SMILES string of the molecule is Cc1nc2ccc(F)cc2nc1O[C@@H]1C[C@H]2C(=O)N[C@]3(C(=O)NS(=O)(=O)C4(C)CC4)C[C@H]3/C=C\CCCCC[C@H](NC(=O)c3ccccc3F)C(=O)N2C1. The van der Waals surface area contributed by atoms with E-state index in [0.717, 1.165) is 12.5 Å². The summed E-state index contributed by atoms with van der Waals surface area (Å²) >= 11 is 0. The normalized spacial score (nSPS) is 27.4. The molecule has 3 fully saturated rings. The first kappa shape index (κ1) is 37.3. The Morgan fingerprint density at radius 1 is 1.04 bits per heavy atom. The van der Waals surface area contributed by atoms with Crippen LogP contribution in [0.25, 0.3) is 11.0 Å². The molecule has 0 radical (unpaired) electrons. The first-order valence-electron chi connectivity index (χ1n) is 18.2. The van der Waals surface area contributed by atoms with Crippen molar-refractivity contribution in [2.75, 3.05) is 6.54 Å². The Morgan fingerprint density at radius 2 is 1.81 bits per heavy atom. The predicted octanol–water partition coefficient (Wildman–Crippen LogP) is 3.76. The molecule has 4 amide bonds. The third-order valence-corrected chi connectivity index (χ3v) is 13.1. The van der Waals surface area contributed by atoms with Gasteiger partial charge in [-0.25, -0.2) is 27.2 Å². The van der Waals surface area contributed by atoms with E-state index in [0.29, 0.717) is 43.3 Å². The molecule has 2 aromatic carbocycles. The van der Waals surface area contributed by atoms with Crippen LogP contribution in [0.5, 0.6) is 5.88 Å². The number of nitrogens with one attached hydrogen (secondary N) is 3. The number of nitrogens with zero attached hydrogens (tertiary/aromatic N) is 3. The third kappa shape index (κ3) is 7.39. The van der Waals surface area contributed by atoms with Gasteiger partial charge in [-0.3, -0.25) is 23.9 Å². The van der Waals surface area contributed by atoms with Crippen molar-refractivity contribution in [3.05, 3.63) is 77.5 Å². The summed E-state index contributed by atoms with van der Waals surface area (Å²) in [5.74, 6) is -4.67. The lowest BCUT2D eigenvalue weighted by Gasteiger charge is -2.30. The van der Waals surface area contributed by atoms with Gasteiger partial charge in [-0.15, -0.1) is 0 Å². The van der Waals surface area contributed by atoms with Gasteiger partial charge in [0.05, 0.1) is 27.9 Å². The molecule has 16 heteroatoms. The van der Waals surface area contributed by atoms with Crippen LogP contribution < -0.4 is 20.1 Å². The van der Waals surface area contributed by atoms with Gasteiger partial charge in [-0.05, 0) is 76.6 Å². The number of carbonyl (C=O) groups is 4. The summed E-state index contributed by atoms with van der Waals surface area (Å²) in [7, 11) is -4.03. The fraction of sp³-hybridized carbons (Fsp3) is 0.474. The molecule has 0 spiro atoms. The van der Waals surface area contributed by atoms with Gasteiger partial charge in [0.25, 0.3) is 11.8 Å². The summed E-state index contributed by atoms with van der Waals surface area (Å²) in [6.45, 7) is 3.08. The average Bonchev–Trinajstić information content (AvgIpc) is 4.01. The first-order valence-corrected chi connectivity index (χ1v) is 19.7. The van der Waals surface area contributed by atoms with Crippen LogP contribution >= 0.6 is 0 Å². The van der Waals surface area contributed by atoms with Crippen LogP contribution in [0.3, 0.4) is 0 Å². The minimum Gasteiger partial charge on any atom is -0.471 e. The van der Waals surface area contributed by atoms with Crippen LogP contribution in [-0.4, -0.2) is 81.9 Å². The number of benzene rings is 2. The summed E-state index contributed by atoms with van der Waals surface area (Å²) in [6, 6.07) is 6.99. The van der Waals surface area contributed by atoms with Gasteiger partial charge in [0.2, 0.25) is 27.7 Å². The number of hydrogen-bond donors (Lipinski definition) is 3. The zero-order chi connectivity index (χ0) is 38.4. The summed E-state index contributed by atoms with van der Waals surface area (Å²) in [5, 5.41) is 5.50. The highest BCUT2D eigenvalue weighted by Crippen LogP contribution is 2.47. The van der Waals surface area contributed by atoms with Crippen LogP contribution in [0.15, 0.2) is 54.6 Å². The molecular weight excluding hydrogens is 723 g/mol. The molecule has 5 atom stereocenters. The number of sulfonamides is 1. The van der Waals surface area contributed by atoms with E-state index in [9.17, 15) is 36.4 Å². The summed E-state index contributed by atoms with van der Waals surface area (Å²) in [4.78, 5) is 66.1. The van der Waals surface area contributed by atoms with Crippen molar-refractivity contribution in [2.45, 2.75) is 100 Å². The fourth-order valence-corrected chi connectivity index (χ4v) is 8.51. The predicted molar refractivity (Wildman–Crippen MR) is 192 cm³/mol. The molecule has 3 heterocycles. The van der Waals surface area contributed by atoms with Crippen molar-refractivity contribution in [3.63, 3.8) is 0 Å². The van der Waals surface area contributed by atoms with E-state index in [2.05, 4.69) is 25.3 Å². The maximum absolute atomic E-state index is 14.6. The van der Waals surface area contributed by atoms with Crippen molar-refractivity contribution in [1.82, 2.24) is 30.2 Å². The van der Waals surface area contributed by atoms with Crippen LogP contribution in [-0.2, 0) is 24.4 Å². The van der Waals surface area contributed by atoms with Gasteiger partial charge in [0.15, 0.2) is 0 Å². The van der Waals surface area contributed by atoms with Gasteiger partial charge in [-0.1, -0.05) is 37.1 Å². The molecule has 3 aromatic rings. The van der Waals surface area contributed by atoms with Gasteiger partial charge in [0.1, 0.15) is 41.1 Å². The standard InChI is InChI=1S/C38H42F2N6O7S/c1-22-34(43-30-18-24(39)14-15-28(30)41-22)53-25-19-31-33(48)44-38(36(50)45-54(51,52)37(2)16-17-37)20-23(38)10-6-4-3-5-7-13-29(35(49)46(31)21-25)42-32(47)26-11-8-9-12-27(26)40/h6,8-12,14-15,18,23,25,29,31H,3-5,7,13,16-17,19-21H2,1-2H3,(H,42,47)(H,44,48)(H,45,50)/b10-6-/t23-,25-,29+,31+,38-/m1/s1. The Hall–Kier alpha value is -4.99. The van der Waals surface area contributed by atoms with E-state index in [1.807, 2.05) is 12.2 Å². The number of allylic oxidation sites excluding steroid dienone is 1. The smallest absolute Gasteiger partial charge is 0.259 e.